The first kappa shape index (κ1) is 11.6. The van der Waals surface area contributed by atoms with Crippen molar-refractivity contribution < 1.29 is 0 Å². The number of anilines is 2. The molecule has 88 valence electrons. The van der Waals surface area contributed by atoms with Gasteiger partial charge in [-0.25, -0.2) is 4.98 Å². The van der Waals surface area contributed by atoms with Crippen LogP contribution < -0.4 is 11.1 Å². The van der Waals surface area contributed by atoms with Crippen LogP contribution in [0.25, 0.3) is 0 Å². The summed E-state index contributed by atoms with van der Waals surface area (Å²) in [4.78, 5) is 8.46. The second kappa shape index (κ2) is 5.48. The molecule has 0 saturated heterocycles. The second-order valence-electron chi connectivity index (χ2n) is 4.27. The summed E-state index contributed by atoms with van der Waals surface area (Å²) >= 11 is 3.32. The Hall–Kier alpha value is -0.840. The lowest BCUT2D eigenvalue weighted by molar-refractivity contribution is 0.615. The highest BCUT2D eigenvalue weighted by atomic mass is 79.9. The number of hydrogen-bond donors (Lipinski definition) is 2. The van der Waals surface area contributed by atoms with E-state index >= 15 is 0 Å². The van der Waals surface area contributed by atoms with Crippen molar-refractivity contribution in [1.29, 1.82) is 0 Å². The lowest BCUT2D eigenvalue weighted by atomic mass is 10.1. The second-order valence-corrected chi connectivity index (χ2v) is 5.08. The topological polar surface area (TPSA) is 63.8 Å². The molecule has 1 aliphatic rings. The molecule has 0 atom stereocenters. The molecule has 0 amide bonds. The van der Waals surface area contributed by atoms with Crippen LogP contribution in [0.1, 0.15) is 38.5 Å². The summed E-state index contributed by atoms with van der Waals surface area (Å²) < 4.78 is 0.733. The number of aromatic nitrogens is 2. The molecule has 1 aliphatic carbocycles. The minimum Gasteiger partial charge on any atom is -0.383 e. The van der Waals surface area contributed by atoms with Gasteiger partial charge in [-0.3, -0.25) is 0 Å². The molecule has 3 N–H and O–H groups in total. The van der Waals surface area contributed by atoms with Gasteiger partial charge in [0, 0.05) is 12.1 Å². The molecule has 1 fully saturated rings. The van der Waals surface area contributed by atoms with Crippen molar-refractivity contribution in [3.63, 3.8) is 0 Å². The number of nitrogens with one attached hydrogen (secondary N) is 1. The molecular formula is C11H17BrN4. The van der Waals surface area contributed by atoms with Crippen molar-refractivity contribution in [1.82, 2.24) is 9.97 Å². The Balaban J connectivity index is 2.01. The Morgan fingerprint density at radius 1 is 1.19 bits per heavy atom. The van der Waals surface area contributed by atoms with Gasteiger partial charge in [-0.15, -0.1) is 0 Å². The van der Waals surface area contributed by atoms with Crippen molar-refractivity contribution in [2.75, 3.05) is 11.1 Å². The number of nitrogens with two attached hydrogens (primary N) is 1. The predicted molar refractivity (Wildman–Crippen MR) is 69.3 cm³/mol. The van der Waals surface area contributed by atoms with E-state index in [-0.39, 0.29) is 0 Å². The fourth-order valence-corrected chi connectivity index (χ4v) is 2.51. The smallest absolute Gasteiger partial charge is 0.225 e. The minimum atomic E-state index is 0.496. The molecule has 0 spiro atoms. The van der Waals surface area contributed by atoms with E-state index in [1.807, 2.05) is 0 Å². The summed E-state index contributed by atoms with van der Waals surface area (Å²) in [5.41, 5.74) is 5.67. The van der Waals surface area contributed by atoms with Crippen molar-refractivity contribution in [2.24, 2.45) is 0 Å². The SMILES string of the molecule is Nc1cc(Br)nc(NC2CCCCCC2)n1. The molecule has 16 heavy (non-hydrogen) atoms. The van der Waals surface area contributed by atoms with Crippen LogP contribution in [-0.2, 0) is 0 Å². The van der Waals surface area contributed by atoms with Crippen molar-refractivity contribution in [3.05, 3.63) is 10.7 Å². The van der Waals surface area contributed by atoms with Gasteiger partial charge < -0.3 is 11.1 Å². The minimum absolute atomic E-state index is 0.496. The number of halogens is 1. The average Bonchev–Trinajstić information content (AvgIpc) is 2.44. The van der Waals surface area contributed by atoms with Crippen LogP contribution in [0.3, 0.4) is 0 Å². The van der Waals surface area contributed by atoms with E-state index in [9.17, 15) is 0 Å². The first-order chi connectivity index (χ1) is 7.74. The number of nitrogen functional groups attached to an aromatic ring is 1. The van der Waals surface area contributed by atoms with Gasteiger partial charge in [-0.1, -0.05) is 25.7 Å². The van der Waals surface area contributed by atoms with Gasteiger partial charge in [0.25, 0.3) is 0 Å². The van der Waals surface area contributed by atoms with Crippen molar-refractivity contribution in [2.45, 2.75) is 44.6 Å². The van der Waals surface area contributed by atoms with Crippen LogP contribution in [-0.4, -0.2) is 16.0 Å². The Bertz CT molecular complexity index is 328. The van der Waals surface area contributed by atoms with Crippen LogP contribution in [0.15, 0.2) is 10.7 Å². The lowest BCUT2D eigenvalue weighted by Gasteiger charge is -2.16. The van der Waals surface area contributed by atoms with Crippen LogP contribution in [0.4, 0.5) is 11.8 Å². The first-order valence-corrected chi connectivity index (χ1v) is 6.60. The maximum Gasteiger partial charge on any atom is 0.225 e. The van der Waals surface area contributed by atoms with Crippen LogP contribution in [0.5, 0.6) is 0 Å². The largest absolute Gasteiger partial charge is 0.383 e. The van der Waals surface area contributed by atoms with Crippen molar-refractivity contribution >= 4 is 27.7 Å². The van der Waals surface area contributed by atoms with E-state index in [0.717, 1.165) is 4.60 Å². The number of nitrogens with zero attached hydrogens (tertiary/aromatic N) is 2. The van der Waals surface area contributed by atoms with E-state index in [1.54, 1.807) is 6.07 Å². The average molecular weight is 285 g/mol. The van der Waals surface area contributed by atoms with E-state index in [1.165, 1.54) is 38.5 Å². The Morgan fingerprint density at radius 2 is 1.88 bits per heavy atom. The zero-order valence-electron chi connectivity index (χ0n) is 9.25. The third-order valence-electron chi connectivity index (χ3n) is 2.90. The van der Waals surface area contributed by atoms with E-state index in [0.29, 0.717) is 17.8 Å². The molecule has 2 rings (SSSR count). The molecule has 5 heteroatoms. The predicted octanol–water partition coefficient (Wildman–Crippen LogP) is 2.96. The molecular weight excluding hydrogens is 268 g/mol. The van der Waals surface area contributed by atoms with E-state index in [2.05, 4.69) is 31.2 Å². The van der Waals surface area contributed by atoms with Crippen molar-refractivity contribution in [3.8, 4) is 0 Å². The highest BCUT2D eigenvalue weighted by molar-refractivity contribution is 9.10. The van der Waals surface area contributed by atoms with Gasteiger partial charge in [-0.05, 0) is 28.8 Å². The zero-order valence-corrected chi connectivity index (χ0v) is 10.8. The number of rotatable bonds is 2. The third kappa shape index (κ3) is 3.33. The maximum absolute atomic E-state index is 5.67. The maximum atomic E-state index is 5.67. The molecule has 1 aromatic rings. The van der Waals surface area contributed by atoms with Crippen LogP contribution >= 0.6 is 15.9 Å². The molecule has 0 aliphatic heterocycles. The highest BCUT2D eigenvalue weighted by Gasteiger charge is 2.13. The van der Waals surface area contributed by atoms with E-state index < -0.39 is 0 Å². The monoisotopic (exact) mass is 284 g/mol. The van der Waals surface area contributed by atoms with Crippen LogP contribution in [0, 0.1) is 0 Å². The van der Waals surface area contributed by atoms with Gasteiger partial charge >= 0.3 is 0 Å². The molecule has 0 bridgehead atoms. The summed E-state index contributed by atoms with van der Waals surface area (Å²) in [5.74, 6) is 1.14. The molecule has 0 radical (unpaired) electrons. The highest BCUT2D eigenvalue weighted by Crippen LogP contribution is 2.21. The number of hydrogen-bond acceptors (Lipinski definition) is 4. The Labute approximate surface area is 104 Å². The fourth-order valence-electron chi connectivity index (χ4n) is 2.11. The summed E-state index contributed by atoms with van der Waals surface area (Å²) in [6, 6.07) is 2.20. The van der Waals surface area contributed by atoms with Crippen LogP contribution in [0.2, 0.25) is 0 Å². The van der Waals surface area contributed by atoms with E-state index in [4.69, 9.17) is 5.73 Å². The molecule has 1 heterocycles. The summed E-state index contributed by atoms with van der Waals surface area (Å²) in [6.45, 7) is 0. The molecule has 4 nitrogen and oxygen atoms in total. The first-order valence-electron chi connectivity index (χ1n) is 5.80. The molecule has 0 unspecified atom stereocenters. The van der Waals surface area contributed by atoms with Gasteiger partial charge in [0.05, 0.1) is 0 Å². The standard InChI is InChI=1S/C11H17BrN4/c12-9-7-10(13)16-11(15-9)14-8-5-3-1-2-4-6-8/h7-8H,1-6H2,(H3,13,14,15,16). The molecule has 1 aromatic heterocycles. The Morgan fingerprint density at radius 3 is 2.50 bits per heavy atom. The summed E-state index contributed by atoms with van der Waals surface area (Å²) in [5, 5.41) is 3.37. The normalized spacial score (nSPS) is 18.1. The summed E-state index contributed by atoms with van der Waals surface area (Å²) in [6.07, 6.45) is 7.69. The fraction of sp³-hybridized carbons (Fsp3) is 0.636. The van der Waals surface area contributed by atoms with Gasteiger partial charge in [0.2, 0.25) is 5.95 Å². The third-order valence-corrected chi connectivity index (χ3v) is 3.31. The van der Waals surface area contributed by atoms with Gasteiger partial charge in [-0.2, -0.15) is 4.98 Å². The Kier molecular flexibility index (Phi) is 3.98. The molecule has 1 saturated carbocycles. The molecule has 0 aromatic carbocycles. The summed E-state index contributed by atoms with van der Waals surface area (Å²) in [7, 11) is 0. The zero-order chi connectivity index (χ0) is 11.4. The lowest BCUT2D eigenvalue weighted by Crippen LogP contribution is -2.20. The van der Waals surface area contributed by atoms with Gasteiger partial charge in [0.15, 0.2) is 0 Å². The quantitative estimate of drug-likeness (QED) is 0.647. The van der Waals surface area contributed by atoms with Gasteiger partial charge in [0.1, 0.15) is 10.4 Å².